The Labute approximate surface area is 119 Å². The average molecular weight is 278 g/mol. The zero-order chi connectivity index (χ0) is 13.8. The molecular formula is C15H22N2OS. The molecule has 2 atom stereocenters. The first kappa shape index (κ1) is 14.4. The average Bonchev–Trinajstić information content (AvgIpc) is 2.47. The molecule has 1 aliphatic rings. The van der Waals surface area contributed by atoms with E-state index in [1.54, 1.807) is 11.8 Å². The molecule has 2 rings (SSSR count). The summed E-state index contributed by atoms with van der Waals surface area (Å²) in [6.07, 6.45) is 4.22. The van der Waals surface area contributed by atoms with E-state index in [0.29, 0.717) is 18.5 Å². The summed E-state index contributed by atoms with van der Waals surface area (Å²) in [7, 11) is 0. The molecule has 3 nitrogen and oxygen atoms in total. The number of hydrogen-bond acceptors (Lipinski definition) is 3. The summed E-state index contributed by atoms with van der Waals surface area (Å²) in [6, 6.07) is 8.18. The minimum Gasteiger partial charge on any atom is -0.336 e. The number of piperidine rings is 1. The van der Waals surface area contributed by atoms with Crippen molar-refractivity contribution in [2.75, 3.05) is 19.3 Å². The van der Waals surface area contributed by atoms with Crippen LogP contribution in [0.2, 0.25) is 0 Å². The third-order valence-corrected chi connectivity index (χ3v) is 4.65. The van der Waals surface area contributed by atoms with Gasteiger partial charge in [0.05, 0.1) is 0 Å². The first-order valence-electron chi connectivity index (χ1n) is 6.80. The van der Waals surface area contributed by atoms with Crippen LogP contribution in [0.1, 0.15) is 30.1 Å². The summed E-state index contributed by atoms with van der Waals surface area (Å²) in [6.45, 7) is 3.59. The van der Waals surface area contributed by atoms with Crippen molar-refractivity contribution in [3.8, 4) is 0 Å². The van der Waals surface area contributed by atoms with Gasteiger partial charge in [-0.1, -0.05) is 0 Å². The largest absolute Gasteiger partial charge is 0.336 e. The van der Waals surface area contributed by atoms with Crippen LogP contribution in [0.4, 0.5) is 0 Å². The fraction of sp³-hybridized carbons (Fsp3) is 0.533. The van der Waals surface area contributed by atoms with Crippen LogP contribution in [0, 0.1) is 5.92 Å². The molecule has 2 unspecified atom stereocenters. The summed E-state index contributed by atoms with van der Waals surface area (Å²) in [4.78, 5) is 15.7. The van der Waals surface area contributed by atoms with E-state index in [0.717, 1.165) is 24.9 Å². The Balaban J connectivity index is 2.12. The van der Waals surface area contributed by atoms with Crippen molar-refractivity contribution in [3.05, 3.63) is 29.8 Å². The second-order valence-electron chi connectivity index (χ2n) is 5.21. The molecule has 4 heteroatoms. The summed E-state index contributed by atoms with van der Waals surface area (Å²) in [5.74, 6) is 0.587. The molecule has 1 amide bonds. The Bertz CT molecular complexity index is 432. The number of rotatable bonds is 3. The summed E-state index contributed by atoms with van der Waals surface area (Å²) < 4.78 is 0. The second-order valence-corrected chi connectivity index (χ2v) is 6.09. The number of amides is 1. The first-order valence-corrected chi connectivity index (χ1v) is 8.03. The lowest BCUT2D eigenvalue weighted by molar-refractivity contribution is 0.0567. The molecule has 0 bridgehead atoms. The summed E-state index contributed by atoms with van der Waals surface area (Å²) in [5, 5.41) is 0. The molecule has 1 fully saturated rings. The maximum Gasteiger partial charge on any atom is 0.254 e. The van der Waals surface area contributed by atoms with E-state index in [1.165, 1.54) is 4.90 Å². The quantitative estimate of drug-likeness (QED) is 0.865. The number of carbonyl (C=O) groups excluding carboxylic acids is 1. The van der Waals surface area contributed by atoms with Gasteiger partial charge in [-0.2, -0.15) is 0 Å². The highest BCUT2D eigenvalue weighted by Crippen LogP contribution is 2.24. The molecule has 1 aliphatic heterocycles. The highest BCUT2D eigenvalue weighted by atomic mass is 32.2. The normalized spacial score (nSPS) is 23.4. The number of hydrogen-bond donors (Lipinski definition) is 1. The predicted octanol–water partition coefficient (Wildman–Crippen LogP) is 2.61. The molecule has 0 aromatic heterocycles. The van der Waals surface area contributed by atoms with Crippen LogP contribution in [-0.2, 0) is 0 Å². The van der Waals surface area contributed by atoms with Gasteiger partial charge < -0.3 is 10.6 Å². The number of benzene rings is 1. The SMILES string of the molecule is CSc1ccc(C(=O)N2CC(CN)CCC2C)cc1. The van der Waals surface area contributed by atoms with Gasteiger partial charge in [0.1, 0.15) is 0 Å². The number of carbonyl (C=O) groups is 1. The third kappa shape index (κ3) is 3.31. The van der Waals surface area contributed by atoms with E-state index in [9.17, 15) is 4.79 Å². The Morgan fingerprint density at radius 3 is 2.63 bits per heavy atom. The van der Waals surface area contributed by atoms with Gasteiger partial charge in [0.25, 0.3) is 5.91 Å². The van der Waals surface area contributed by atoms with Gasteiger partial charge in [-0.25, -0.2) is 0 Å². The van der Waals surface area contributed by atoms with E-state index >= 15 is 0 Å². The minimum atomic E-state index is 0.137. The van der Waals surface area contributed by atoms with Gasteiger partial charge in [0.2, 0.25) is 0 Å². The lowest BCUT2D eigenvalue weighted by Gasteiger charge is -2.37. The zero-order valence-electron chi connectivity index (χ0n) is 11.6. The monoisotopic (exact) mass is 278 g/mol. The van der Waals surface area contributed by atoms with Crippen molar-refractivity contribution < 1.29 is 4.79 Å². The Morgan fingerprint density at radius 2 is 2.05 bits per heavy atom. The molecule has 19 heavy (non-hydrogen) atoms. The molecule has 104 valence electrons. The standard InChI is InChI=1S/C15H22N2OS/c1-11-3-4-12(9-16)10-17(11)15(18)13-5-7-14(19-2)8-6-13/h5-8,11-12H,3-4,9-10,16H2,1-2H3. The van der Waals surface area contributed by atoms with Crippen LogP contribution in [0.5, 0.6) is 0 Å². The summed E-state index contributed by atoms with van der Waals surface area (Å²) >= 11 is 1.69. The fourth-order valence-corrected chi connectivity index (χ4v) is 2.97. The predicted molar refractivity (Wildman–Crippen MR) is 80.5 cm³/mol. The lowest BCUT2D eigenvalue weighted by Crippen LogP contribution is -2.47. The number of thioether (sulfide) groups is 1. The molecule has 0 spiro atoms. The molecule has 2 N–H and O–H groups in total. The highest BCUT2D eigenvalue weighted by Gasteiger charge is 2.28. The van der Waals surface area contributed by atoms with Crippen molar-refractivity contribution in [2.24, 2.45) is 11.7 Å². The van der Waals surface area contributed by atoms with E-state index in [-0.39, 0.29) is 5.91 Å². The van der Waals surface area contributed by atoms with Crippen LogP contribution in [-0.4, -0.2) is 36.2 Å². The molecule has 1 aromatic carbocycles. The number of nitrogens with two attached hydrogens (primary N) is 1. The Hall–Kier alpha value is -1.00. The molecule has 0 saturated carbocycles. The number of nitrogens with zero attached hydrogens (tertiary/aromatic N) is 1. The Morgan fingerprint density at radius 1 is 1.37 bits per heavy atom. The van der Waals surface area contributed by atoms with Crippen LogP contribution < -0.4 is 5.73 Å². The van der Waals surface area contributed by atoms with Crippen molar-refractivity contribution in [1.29, 1.82) is 0 Å². The molecule has 0 radical (unpaired) electrons. The van der Waals surface area contributed by atoms with Crippen LogP contribution in [0.15, 0.2) is 29.2 Å². The third-order valence-electron chi connectivity index (χ3n) is 3.91. The van der Waals surface area contributed by atoms with Gasteiger partial charge in [0, 0.05) is 23.0 Å². The van der Waals surface area contributed by atoms with Crippen molar-refractivity contribution >= 4 is 17.7 Å². The minimum absolute atomic E-state index is 0.137. The molecule has 1 heterocycles. The number of likely N-dealkylation sites (tertiary alicyclic amines) is 1. The van der Waals surface area contributed by atoms with Crippen LogP contribution >= 0.6 is 11.8 Å². The van der Waals surface area contributed by atoms with E-state index < -0.39 is 0 Å². The molecule has 1 aromatic rings. The first-order chi connectivity index (χ1) is 9.15. The van der Waals surface area contributed by atoms with Gasteiger partial charge in [0.15, 0.2) is 0 Å². The second kappa shape index (κ2) is 6.44. The molecular weight excluding hydrogens is 256 g/mol. The maximum absolute atomic E-state index is 12.5. The van der Waals surface area contributed by atoms with Crippen LogP contribution in [0.3, 0.4) is 0 Å². The Kier molecular flexibility index (Phi) is 4.88. The smallest absolute Gasteiger partial charge is 0.254 e. The molecule has 0 aliphatic carbocycles. The van der Waals surface area contributed by atoms with Gasteiger partial charge >= 0.3 is 0 Å². The lowest BCUT2D eigenvalue weighted by atomic mass is 9.93. The van der Waals surface area contributed by atoms with E-state index in [1.807, 2.05) is 35.4 Å². The summed E-state index contributed by atoms with van der Waals surface area (Å²) in [5.41, 5.74) is 6.53. The fourth-order valence-electron chi connectivity index (χ4n) is 2.56. The van der Waals surface area contributed by atoms with Gasteiger partial charge in [-0.05, 0) is 62.7 Å². The topological polar surface area (TPSA) is 46.3 Å². The van der Waals surface area contributed by atoms with Crippen molar-refractivity contribution in [1.82, 2.24) is 4.90 Å². The molecule has 1 saturated heterocycles. The van der Waals surface area contributed by atoms with E-state index in [2.05, 4.69) is 6.92 Å². The zero-order valence-corrected chi connectivity index (χ0v) is 12.5. The van der Waals surface area contributed by atoms with Crippen molar-refractivity contribution in [2.45, 2.75) is 30.7 Å². The van der Waals surface area contributed by atoms with Gasteiger partial charge in [-0.15, -0.1) is 11.8 Å². The van der Waals surface area contributed by atoms with Crippen molar-refractivity contribution in [3.63, 3.8) is 0 Å². The van der Waals surface area contributed by atoms with Gasteiger partial charge in [-0.3, -0.25) is 4.79 Å². The van der Waals surface area contributed by atoms with Crippen LogP contribution in [0.25, 0.3) is 0 Å². The highest BCUT2D eigenvalue weighted by molar-refractivity contribution is 7.98. The maximum atomic E-state index is 12.5. The van der Waals surface area contributed by atoms with E-state index in [4.69, 9.17) is 5.73 Å².